The van der Waals surface area contributed by atoms with Crippen molar-refractivity contribution in [1.82, 2.24) is 5.32 Å². The Balaban J connectivity index is 2.57. The lowest BCUT2D eigenvalue weighted by Gasteiger charge is -2.04. The van der Waals surface area contributed by atoms with Crippen LogP contribution in [-0.4, -0.2) is 12.6 Å². The average molecular weight is 268 g/mol. The molecule has 0 aliphatic heterocycles. The molecule has 0 saturated carbocycles. The van der Waals surface area contributed by atoms with E-state index in [-0.39, 0.29) is 0 Å². The molecule has 0 saturated heterocycles. The number of hydrogen-bond donors (Lipinski definition) is 1. The molecular weight excluding hydrogens is 250 g/mol. The van der Waals surface area contributed by atoms with Crippen molar-refractivity contribution < 1.29 is 0 Å². The second-order valence-electron chi connectivity index (χ2n) is 3.99. The van der Waals surface area contributed by atoms with E-state index in [1.807, 2.05) is 0 Å². The maximum absolute atomic E-state index is 3.56. The Hall–Kier alpha value is -0.600. The van der Waals surface area contributed by atoms with Crippen LogP contribution in [0.4, 0.5) is 0 Å². The van der Waals surface area contributed by atoms with Crippen LogP contribution in [0.5, 0.6) is 0 Å². The number of nitrogens with one attached hydrogen (secondary N) is 1. The predicted molar refractivity (Wildman–Crippen MR) is 71.1 cm³/mol. The molecule has 0 aliphatic rings. The van der Waals surface area contributed by atoms with Crippen molar-refractivity contribution in [2.24, 2.45) is 0 Å². The van der Waals surface area contributed by atoms with E-state index in [9.17, 15) is 0 Å². The Labute approximate surface area is 101 Å². The lowest BCUT2D eigenvalue weighted by molar-refractivity contribution is 0.633. The van der Waals surface area contributed by atoms with E-state index in [0.717, 1.165) is 11.0 Å². The molecule has 0 fully saturated rings. The highest BCUT2D eigenvalue weighted by Crippen LogP contribution is 2.19. The van der Waals surface area contributed by atoms with Crippen LogP contribution in [0.3, 0.4) is 0 Å². The van der Waals surface area contributed by atoms with E-state index < -0.39 is 0 Å². The zero-order valence-electron chi connectivity index (χ0n) is 9.55. The standard InChI is InChI=1S/C13H18BrN/c1-10(2)15-8-4-5-12-7-6-11(3)9-13(12)14/h4-7,9-10,15H,8H2,1-3H3/b5-4+. The van der Waals surface area contributed by atoms with E-state index in [2.05, 4.69) is 72.4 Å². The SMILES string of the molecule is Cc1ccc(/C=C/CNC(C)C)c(Br)c1. The van der Waals surface area contributed by atoms with Gasteiger partial charge in [0.2, 0.25) is 0 Å². The van der Waals surface area contributed by atoms with Gasteiger partial charge in [0.15, 0.2) is 0 Å². The van der Waals surface area contributed by atoms with Crippen molar-refractivity contribution in [2.75, 3.05) is 6.54 Å². The highest BCUT2D eigenvalue weighted by Gasteiger charge is 1.95. The summed E-state index contributed by atoms with van der Waals surface area (Å²) in [5.74, 6) is 0. The summed E-state index contributed by atoms with van der Waals surface area (Å²) in [5, 5.41) is 3.34. The fourth-order valence-corrected chi connectivity index (χ4v) is 1.88. The summed E-state index contributed by atoms with van der Waals surface area (Å²) in [7, 11) is 0. The van der Waals surface area contributed by atoms with Gasteiger partial charge in [-0.1, -0.05) is 54.1 Å². The summed E-state index contributed by atoms with van der Waals surface area (Å²) < 4.78 is 1.16. The second kappa shape index (κ2) is 6.09. The van der Waals surface area contributed by atoms with Crippen LogP contribution in [0.2, 0.25) is 0 Å². The molecule has 82 valence electrons. The van der Waals surface area contributed by atoms with Gasteiger partial charge < -0.3 is 5.32 Å². The van der Waals surface area contributed by atoms with E-state index in [0.29, 0.717) is 6.04 Å². The van der Waals surface area contributed by atoms with Crippen molar-refractivity contribution in [3.63, 3.8) is 0 Å². The third-order valence-electron chi connectivity index (χ3n) is 2.10. The number of hydrogen-bond acceptors (Lipinski definition) is 1. The van der Waals surface area contributed by atoms with Gasteiger partial charge in [-0.15, -0.1) is 0 Å². The third-order valence-corrected chi connectivity index (χ3v) is 2.78. The quantitative estimate of drug-likeness (QED) is 0.876. The lowest BCUT2D eigenvalue weighted by atomic mass is 10.1. The molecule has 1 nitrogen and oxygen atoms in total. The third kappa shape index (κ3) is 4.63. The minimum absolute atomic E-state index is 0.538. The molecule has 1 N–H and O–H groups in total. The molecule has 0 atom stereocenters. The minimum atomic E-state index is 0.538. The summed E-state index contributed by atoms with van der Waals surface area (Å²) in [6.07, 6.45) is 4.29. The van der Waals surface area contributed by atoms with Crippen LogP contribution in [0.1, 0.15) is 25.0 Å². The van der Waals surface area contributed by atoms with Crippen LogP contribution < -0.4 is 5.32 Å². The maximum Gasteiger partial charge on any atom is 0.0250 e. The van der Waals surface area contributed by atoms with Gasteiger partial charge in [0.25, 0.3) is 0 Å². The van der Waals surface area contributed by atoms with Gasteiger partial charge in [-0.25, -0.2) is 0 Å². The minimum Gasteiger partial charge on any atom is -0.311 e. The van der Waals surface area contributed by atoms with Crippen LogP contribution in [0.25, 0.3) is 6.08 Å². The molecule has 0 aliphatic carbocycles. The summed E-state index contributed by atoms with van der Waals surface area (Å²) in [4.78, 5) is 0. The zero-order valence-corrected chi connectivity index (χ0v) is 11.1. The molecule has 0 heterocycles. The Morgan fingerprint density at radius 3 is 2.73 bits per heavy atom. The first-order valence-electron chi connectivity index (χ1n) is 5.25. The number of rotatable bonds is 4. The first kappa shape index (κ1) is 12.5. The zero-order chi connectivity index (χ0) is 11.3. The first-order chi connectivity index (χ1) is 7.09. The maximum atomic E-state index is 3.56. The summed E-state index contributed by atoms with van der Waals surface area (Å²) in [5.41, 5.74) is 2.51. The fraction of sp³-hybridized carbons (Fsp3) is 0.385. The molecule has 0 amide bonds. The molecule has 1 aromatic rings. The highest BCUT2D eigenvalue weighted by molar-refractivity contribution is 9.10. The largest absolute Gasteiger partial charge is 0.311 e. The number of halogens is 1. The van der Waals surface area contributed by atoms with Gasteiger partial charge >= 0.3 is 0 Å². The average Bonchev–Trinajstić information content (AvgIpc) is 2.14. The first-order valence-corrected chi connectivity index (χ1v) is 6.05. The Bertz CT molecular complexity index is 342. The van der Waals surface area contributed by atoms with Crippen LogP contribution in [-0.2, 0) is 0 Å². The van der Waals surface area contributed by atoms with Gasteiger partial charge in [0.1, 0.15) is 0 Å². The van der Waals surface area contributed by atoms with Crippen LogP contribution in [0.15, 0.2) is 28.7 Å². The Morgan fingerprint density at radius 1 is 1.40 bits per heavy atom. The molecular formula is C13H18BrN. The molecule has 1 rings (SSSR count). The van der Waals surface area contributed by atoms with Gasteiger partial charge in [0, 0.05) is 17.1 Å². The van der Waals surface area contributed by atoms with E-state index in [1.54, 1.807) is 0 Å². The monoisotopic (exact) mass is 267 g/mol. The number of aryl methyl sites for hydroxylation is 1. The smallest absolute Gasteiger partial charge is 0.0250 e. The predicted octanol–water partition coefficient (Wildman–Crippen LogP) is 3.77. The van der Waals surface area contributed by atoms with E-state index >= 15 is 0 Å². The van der Waals surface area contributed by atoms with Crippen LogP contribution >= 0.6 is 15.9 Å². The summed E-state index contributed by atoms with van der Waals surface area (Å²) in [6.45, 7) is 7.31. The Kier molecular flexibility index (Phi) is 5.06. The summed E-state index contributed by atoms with van der Waals surface area (Å²) >= 11 is 3.56. The molecule has 2 heteroatoms. The molecule has 1 aromatic carbocycles. The fourth-order valence-electron chi connectivity index (χ4n) is 1.26. The Morgan fingerprint density at radius 2 is 2.13 bits per heavy atom. The highest BCUT2D eigenvalue weighted by atomic mass is 79.9. The summed E-state index contributed by atoms with van der Waals surface area (Å²) in [6, 6.07) is 6.93. The van der Waals surface area contributed by atoms with E-state index in [1.165, 1.54) is 11.1 Å². The van der Waals surface area contributed by atoms with Crippen LogP contribution in [0, 0.1) is 6.92 Å². The molecule has 0 aromatic heterocycles. The normalized spacial score (nSPS) is 11.5. The molecule has 0 radical (unpaired) electrons. The molecule has 0 bridgehead atoms. The van der Waals surface area contributed by atoms with Crippen molar-refractivity contribution in [2.45, 2.75) is 26.8 Å². The lowest BCUT2D eigenvalue weighted by Crippen LogP contribution is -2.22. The van der Waals surface area contributed by atoms with Gasteiger partial charge in [-0.3, -0.25) is 0 Å². The van der Waals surface area contributed by atoms with Gasteiger partial charge in [0.05, 0.1) is 0 Å². The molecule has 15 heavy (non-hydrogen) atoms. The van der Waals surface area contributed by atoms with Crippen molar-refractivity contribution in [3.8, 4) is 0 Å². The van der Waals surface area contributed by atoms with Crippen molar-refractivity contribution in [1.29, 1.82) is 0 Å². The second-order valence-corrected chi connectivity index (χ2v) is 4.84. The topological polar surface area (TPSA) is 12.0 Å². The van der Waals surface area contributed by atoms with Gasteiger partial charge in [-0.05, 0) is 24.1 Å². The van der Waals surface area contributed by atoms with Gasteiger partial charge in [-0.2, -0.15) is 0 Å². The number of benzene rings is 1. The van der Waals surface area contributed by atoms with Crippen molar-refractivity contribution in [3.05, 3.63) is 39.9 Å². The molecule has 0 spiro atoms. The molecule has 0 unspecified atom stereocenters. The van der Waals surface area contributed by atoms with Crippen molar-refractivity contribution >= 4 is 22.0 Å². The van der Waals surface area contributed by atoms with E-state index in [4.69, 9.17) is 0 Å².